The SMILES string of the molecule is CNC(=O)C1(C)CCN(C(=O)c2ccc(Cl)nc2Cl)C1. The molecule has 0 spiro atoms. The van der Waals surface area contributed by atoms with Gasteiger partial charge < -0.3 is 10.2 Å². The van der Waals surface area contributed by atoms with Gasteiger partial charge in [-0.2, -0.15) is 0 Å². The zero-order chi connectivity index (χ0) is 14.9. The lowest BCUT2D eigenvalue weighted by Crippen LogP contribution is -2.40. The molecule has 20 heavy (non-hydrogen) atoms. The number of hydrogen-bond acceptors (Lipinski definition) is 3. The number of amides is 2. The highest BCUT2D eigenvalue weighted by Gasteiger charge is 2.41. The maximum absolute atomic E-state index is 12.4. The van der Waals surface area contributed by atoms with Gasteiger partial charge in [0.15, 0.2) is 0 Å². The molecular formula is C13H15Cl2N3O2. The number of pyridine rings is 1. The highest BCUT2D eigenvalue weighted by atomic mass is 35.5. The minimum atomic E-state index is -0.559. The van der Waals surface area contributed by atoms with E-state index in [4.69, 9.17) is 23.2 Å². The molecule has 5 nitrogen and oxygen atoms in total. The Labute approximate surface area is 127 Å². The molecule has 2 amide bonds. The molecule has 108 valence electrons. The van der Waals surface area contributed by atoms with Gasteiger partial charge in [-0.05, 0) is 25.5 Å². The lowest BCUT2D eigenvalue weighted by Gasteiger charge is -2.22. The normalized spacial score (nSPS) is 21.9. The number of halogens is 2. The first kappa shape index (κ1) is 15.1. The number of carbonyl (C=O) groups excluding carboxylic acids is 2. The molecule has 0 aromatic carbocycles. The fourth-order valence-corrected chi connectivity index (χ4v) is 2.79. The molecular weight excluding hydrogens is 301 g/mol. The van der Waals surface area contributed by atoms with Crippen LogP contribution in [0.25, 0.3) is 0 Å². The summed E-state index contributed by atoms with van der Waals surface area (Å²) in [7, 11) is 1.60. The summed E-state index contributed by atoms with van der Waals surface area (Å²) in [6.07, 6.45) is 0.622. The van der Waals surface area contributed by atoms with E-state index >= 15 is 0 Å². The Morgan fingerprint density at radius 3 is 2.70 bits per heavy atom. The molecule has 2 rings (SSSR count). The van der Waals surface area contributed by atoms with E-state index in [-0.39, 0.29) is 22.1 Å². The Hall–Kier alpha value is -1.33. The van der Waals surface area contributed by atoms with Crippen LogP contribution in [0.3, 0.4) is 0 Å². The van der Waals surface area contributed by atoms with Gasteiger partial charge in [-0.1, -0.05) is 23.2 Å². The van der Waals surface area contributed by atoms with Crippen molar-refractivity contribution in [2.75, 3.05) is 20.1 Å². The van der Waals surface area contributed by atoms with E-state index in [1.807, 2.05) is 6.92 Å². The number of aromatic nitrogens is 1. The molecule has 1 fully saturated rings. The quantitative estimate of drug-likeness (QED) is 0.849. The molecule has 1 aromatic heterocycles. The van der Waals surface area contributed by atoms with Crippen molar-refractivity contribution < 1.29 is 9.59 Å². The van der Waals surface area contributed by atoms with Crippen LogP contribution in [0.15, 0.2) is 12.1 Å². The molecule has 1 aliphatic heterocycles. The first-order valence-corrected chi connectivity index (χ1v) is 6.96. The summed E-state index contributed by atoms with van der Waals surface area (Å²) in [6, 6.07) is 3.07. The van der Waals surface area contributed by atoms with Crippen LogP contribution in [0.2, 0.25) is 10.3 Å². The first-order valence-electron chi connectivity index (χ1n) is 6.21. The second-order valence-electron chi connectivity index (χ2n) is 5.09. The van der Waals surface area contributed by atoms with Gasteiger partial charge in [-0.3, -0.25) is 9.59 Å². The number of likely N-dealkylation sites (tertiary alicyclic amines) is 1. The van der Waals surface area contributed by atoms with Crippen LogP contribution >= 0.6 is 23.2 Å². The standard InChI is InChI=1S/C13H15Cl2N3O2/c1-13(12(20)16-2)5-6-18(7-13)11(19)8-3-4-9(14)17-10(8)15/h3-4H,5-7H2,1-2H3,(H,16,20). The van der Waals surface area contributed by atoms with Gasteiger partial charge >= 0.3 is 0 Å². The lowest BCUT2D eigenvalue weighted by molar-refractivity contribution is -0.128. The van der Waals surface area contributed by atoms with Crippen LogP contribution in [-0.4, -0.2) is 41.8 Å². The summed E-state index contributed by atoms with van der Waals surface area (Å²) in [5.41, 5.74) is -0.256. The zero-order valence-electron chi connectivity index (χ0n) is 11.2. The Kier molecular flexibility index (Phi) is 4.20. The molecule has 0 aliphatic carbocycles. The summed E-state index contributed by atoms with van der Waals surface area (Å²) >= 11 is 11.7. The average molecular weight is 316 g/mol. The smallest absolute Gasteiger partial charge is 0.257 e. The number of hydrogen-bond donors (Lipinski definition) is 1. The molecule has 1 aromatic rings. The fraction of sp³-hybridized carbons (Fsp3) is 0.462. The summed E-state index contributed by atoms with van der Waals surface area (Å²) in [5, 5.41) is 2.95. The van der Waals surface area contributed by atoms with Crippen LogP contribution in [0.4, 0.5) is 0 Å². The summed E-state index contributed by atoms with van der Waals surface area (Å²) in [5.74, 6) is -0.292. The van der Waals surface area contributed by atoms with E-state index < -0.39 is 5.41 Å². The van der Waals surface area contributed by atoms with E-state index in [9.17, 15) is 9.59 Å². The fourth-order valence-electron chi connectivity index (χ4n) is 2.36. The van der Waals surface area contributed by atoms with Gasteiger partial charge in [-0.15, -0.1) is 0 Å². The molecule has 2 heterocycles. The van der Waals surface area contributed by atoms with Crippen molar-refractivity contribution in [3.8, 4) is 0 Å². The largest absolute Gasteiger partial charge is 0.359 e. The molecule has 1 unspecified atom stereocenters. The van der Waals surface area contributed by atoms with Crippen molar-refractivity contribution in [1.29, 1.82) is 0 Å². The number of carbonyl (C=O) groups is 2. The second-order valence-corrected chi connectivity index (χ2v) is 5.83. The summed E-state index contributed by atoms with van der Waals surface area (Å²) in [6.45, 7) is 2.73. The monoisotopic (exact) mass is 315 g/mol. The van der Waals surface area contributed by atoms with Gasteiger partial charge in [0.25, 0.3) is 5.91 Å². The van der Waals surface area contributed by atoms with Gasteiger partial charge in [0.2, 0.25) is 5.91 Å². The average Bonchev–Trinajstić information content (AvgIpc) is 2.81. The van der Waals surface area contributed by atoms with E-state index in [2.05, 4.69) is 10.3 Å². The minimum absolute atomic E-state index is 0.0619. The number of nitrogens with one attached hydrogen (secondary N) is 1. The molecule has 1 atom stereocenters. The highest BCUT2D eigenvalue weighted by Crippen LogP contribution is 2.31. The van der Waals surface area contributed by atoms with Crippen molar-refractivity contribution in [2.24, 2.45) is 5.41 Å². The van der Waals surface area contributed by atoms with Gasteiger partial charge in [-0.25, -0.2) is 4.98 Å². The first-order chi connectivity index (χ1) is 9.37. The number of rotatable bonds is 2. The van der Waals surface area contributed by atoms with E-state index in [0.29, 0.717) is 25.1 Å². The molecule has 1 N–H and O–H groups in total. The Balaban J connectivity index is 2.18. The Morgan fingerprint density at radius 2 is 2.10 bits per heavy atom. The molecule has 0 saturated carbocycles. The molecule has 7 heteroatoms. The van der Waals surface area contributed by atoms with E-state index in [1.165, 1.54) is 6.07 Å². The van der Waals surface area contributed by atoms with Crippen LogP contribution in [0, 0.1) is 5.41 Å². The topological polar surface area (TPSA) is 62.3 Å². The van der Waals surface area contributed by atoms with Crippen molar-refractivity contribution in [3.05, 3.63) is 28.0 Å². The second kappa shape index (κ2) is 5.58. The lowest BCUT2D eigenvalue weighted by atomic mass is 9.89. The summed E-state index contributed by atoms with van der Waals surface area (Å²) in [4.78, 5) is 29.7. The zero-order valence-corrected chi connectivity index (χ0v) is 12.8. The van der Waals surface area contributed by atoms with E-state index in [0.717, 1.165) is 0 Å². The van der Waals surface area contributed by atoms with Crippen molar-refractivity contribution >= 4 is 35.0 Å². The molecule has 1 saturated heterocycles. The maximum Gasteiger partial charge on any atom is 0.257 e. The highest BCUT2D eigenvalue weighted by molar-refractivity contribution is 6.34. The third kappa shape index (κ3) is 2.74. The molecule has 0 bridgehead atoms. The van der Waals surface area contributed by atoms with Gasteiger partial charge in [0.05, 0.1) is 11.0 Å². The summed E-state index contributed by atoms with van der Waals surface area (Å²) < 4.78 is 0. The van der Waals surface area contributed by atoms with Crippen molar-refractivity contribution in [3.63, 3.8) is 0 Å². The van der Waals surface area contributed by atoms with Crippen LogP contribution in [-0.2, 0) is 4.79 Å². The van der Waals surface area contributed by atoms with Gasteiger partial charge in [0.1, 0.15) is 10.3 Å². The predicted molar refractivity (Wildman–Crippen MR) is 77.0 cm³/mol. The third-order valence-electron chi connectivity index (χ3n) is 3.58. The van der Waals surface area contributed by atoms with Gasteiger partial charge in [0, 0.05) is 20.1 Å². The predicted octanol–water partition coefficient (Wildman–Crippen LogP) is 1.99. The van der Waals surface area contributed by atoms with Crippen LogP contribution in [0.5, 0.6) is 0 Å². The van der Waals surface area contributed by atoms with Crippen LogP contribution in [0.1, 0.15) is 23.7 Å². The maximum atomic E-state index is 12.4. The van der Waals surface area contributed by atoms with Crippen molar-refractivity contribution in [1.82, 2.24) is 15.2 Å². The third-order valence-corrected chi connectivity index (χ3v) is 4.08. The van der Waals surface area contributed by atoms with Crippen LogP contribution < -0.4 is 5.32 Å². The number of nitrogens with zero attached hydrogens (tertiary/aromatic N) is 2. The van der Waals surface area contributed by atoms with E-state index in [1.54, 1.807) is 18.0 Å². The minimum Gasteiger partial charge on any atom is -0.359 e. The van der Waals surface area contributed by atoms with Crippen molar-refractivity contribution in [2.45, 2.75) is 13.3 Å². The molecule has 0 radical (unpaired) electrons. The Morgan fingerprint density at radius 1 is 1.40 bits per heavy atom. The Bertz CT molecular complexity index is 565. The molecule has 1 aliphatic rings.